The summed E-state index contributed by atoms with van der Waals surface area (Å²) >= 11 is 0. The Bertz CT molecular complexity index is 1420. The van der Waals surface area contributed by atoms with E-state index in [0.717, 1.165) is 34.4 Å². The van der Waals surface area contributed by atoms with Crippen LogP contribution in [0.5, 0.6) is 0 Å². The molecule has 12 heteroatoms. The second-order valence-electron chi connectivity index (χ2n) is 8.53. The summed E-state index contributed by atoms with van der Waals surface area (Å²) in [5, 5.41) is 17.3. The molecule has 3 aromatic heterocycles. The molecular formula is C24H23F2N9O. The van der Waals surface area contributed by atoms with Crippen LogP contribution in [0.1, 0.15) is 12.5 Å². The van der Waals surface area contributed by atoms with Crippen molar-refractivity contribution in [2.45, 2.75) is 12.5 Å². The number of nitrogens with one attached hydrogen (secondary N) is 2. The van der Waals surface area contributed by atoms with Gasteiger partial charge in [0, 0.05) is 62.1 Å². The number of carbonyl (C=O) groups is 1. The largest absolute Gasteiger partial charge is 0.346 e. The van der Waals surface area contributed by atoms with Gasteiger partial charge >= 0.3 is 6.03 Å². The molecule has 1 aromatic carbocycles. The van der Waals surface area contributed by atoms with Crippen molar-refractivity contribution in [3.8, 4) is 17.3 Å². The van der Waals surface area contributed by atoms with E-state index in [-0.39, 0.29) is 18.2 Å². The van der Waals surface area contributed by atoms with Gasteiger partial charge in [0.2, 0.25) is 0 Å². The van der Waals surface area contributed by atoms with Gasteiger partial charge in [0.15, 0.2) is 0 Å². The lowest BCUT2D eigenvalue weighted by atomic mass is 10.1. The molecule has 1 fully saturated rings. The van der Waals surface area contributed by atoms with Gasteiger partial charge in [-0.25, -0.2) is 23.5 Å². The van der Waals surface area contributed by atoms with Crippen LogP contribution in [0.15, 0.2) is 49.2 Å². The molecular weight excluding hydrogens is 468 g/mol. The Morgan fingerprint density at radius 3 is 2.81 bits per heavy atom. The first-order chi connectivity index (χ1) is 17.5. The average molecular weight is 492 g/mol. The molecule has 1 unspecified atom stereocenters. The Morgan fingerprint density at radius 2 is 2.03 bits per heavy atom. The third-order valence-corrected chi connectivity index (χ3v) is 6.23. The Balaban J connectivity index is 1.21. The maximum Gasteiger partial charge on any atom is 0.322 e. The lowest BCUT2D eigenvalue weighted by Crippen LogP contribution is -2.51. The molecule has 2 amide bonds. The maximum atomic E-state index is 13.9. The minimum atomic E-state index is -0.820. The van der Waals surface area contributed by atoms with Crippen LogP contribution in [0.4, 0.5) is 19.3 Å². The highest BCUT2D eigenvalue weighted by molar-refractivity contribution is 5.90. The number of aromatic amines is 1. The fourth-order valence-corrected chi connectivity index (χ4v) is 4.33. The number of hydrogen-bond donors (Lipinski definition) is 2. The van der Waals surface area contributed by atoms with Gasteiger partial charge < -0.3 is 15.2 Å². The third-order valence-electron chi connectivity index (χ3n) is 6.23. The quantitative estimate of drug-likeness (QED) is 0.427. The molecule has 0 saturated carbocycles. The van der Waals surface area contributed by atoms with Gasteiger partial charge in [0.05, 0.1) is 36.1 Å². The van der Waals surface area contributed by atoms with Crippen LogP contribution in [0, 0.1) is 23.0 Å². The molecule has 0 aliphatic carbocycles. The van der Waals surface area contributed by atoms with Crippen molar-refractivity contribution in [3.05, 3.63) is 60.8 Å². The highest BCUT2D eigenvalue weighted by Gasteiger charge is 2.25. The fourth-order valence-electron chi connectivity index (χ4n) is 4.33. The molecule has 2 N–H and O–H groups in total. The van der Waals surface area contributed by atoms with Gasteiger partial charge in [-0.15, -0.1) is 0 Å². The number of nitrogens with zero attached hydrogens (tertiary/aromatic N) is 7. The van der Waals surface area contributed by atoms with Gasteiger partial charge in [0.25, 0.3) is 0 Å². The SMILES string of the molecule is N#CCC(CN1CCN(C(=O)Nc2ccc(F)cc2F)CC1)n1cc(-c2ncnc3[nH]ccc23)cn1. The van der Waals surface area contributed by atoms with Crippen molar-refractivity contribution in [2.24, 2.45) is 0 Å². The van der Waals surface area contributed by atoms with Crippen LogP contribution < -0.4 is 5.32 Å². The van der Waals surface area contributed by atoms with Gasteiger partial charge in [-0.05, 0) is 18.2 Å². The molecule has 36 heavy (non-hydrogen) atoms. The van der Waals surface area contributed by atoms with E-state index < -0.39 is 17.7 Å². The molecule has 0 radical (unpaired) electrons. The van der Waals surface area contributed by atoms with Crippen molar-refractivity contribution in [2.75, 3.05) is 38.0 Å². The third kappa shape index (κ3) is 4.87. The Labute approximate surface area is 205 Å². The number of aromatic nitrogens is 5. The van der Waals surface area contributed by atoms with E-state index in [2.05, 4.69) is 36.3 Å². The number of carbonyl (C=O) groups excluding carboxylic acids is 1. The number of hydrogen-bond acceptors (Lipinski definition) is 6. The summed E-state index contributed by atoms with van der Waals surface area (Å²) in [6, 6.07) is 6.56. The monoisotopic (exact) mass is 491 g/mol. The molecule has 4 heterocycles. The maximum absolute atomic E-state index is 13.9. The summed E-state index contributed by atoms with van der Waals surface area (Å²) in [6.07, 6.45) is 7.20. The topological polar surface area (TPSA) is 119 Å². The van der Waals surface area contributed by atoms with Crippen LogP contribution in [-0.2, 0) is 0 Å². The molecule has 1 atom stereocenters. The zero-order valence-electron chi connectivity index (χ0n) is 19.2. The number of halogens is 2. The van der Waals surface area contributed by atoms with Gasteiger partial charge in [-0.1, -0.05) is 0 Å². The first-order valence-corrected chi connectivity index (χ1v) is 11.4. The fraction of sp³-hybridized carbons (Fsp3) is 0.292. The zero-order chi connectivity index (χ0) is 25.1. The van der Waals surface area contributed by atoms with E-state index in [1.165, 1.54) is 12.4 Å². The number of piperazine rings is 1. The average Bonchev–Trinajstić information content (AvgIpc) is 3.56. The highest BCUT2D eigenvalue weighted by Crippen LogP contribution is 2.26. The number of fused-ring (bicyclic) bond motifs is 1. The first-order valence-electron chi connectivity index (χ1n) is 11.4. The lowest BCUT2D eigenvalue weighted by Gasteiger charge is -2.36. The molecule has 10 nitrogen and oxygen atoms in total. The Hall–Kier alpha value is -4.37. The van der Waals surface area contributed by atoms with Crippen LogP contribution in [0.2, 0.25) is 0 Å². The number of rotatable bonds is 6. The first kappa shape index (κ1) is 23.4. The van der Waals surface area contributed by atoms with Crippen molar-refractivity contribution in [1.29, 1.82) is 5.26 Å². The molecule has 5 rings (SSSR count). The molecule has 1 aliphatic rings. The van der Waals surface area contributed by atoms with E-state index in [1.54, 1.807) is 15.8 Å². The number of amides is 2. The molecule has 1 saturated heterocycles. The Kier molecular flexibility index (Phi) is 6.55. The number of urea groups is 1. The standard InChI is InChI=1S/C24H23F2N9O/c25-17-1-2-21(20(26)11-17)32-24(36)34-9-7-33(8-10-34)14-18(3-5-27)35-13-16(12-31-35)22-19-4-6-28-23(19)30-15-29-22/h1-2,4,6,11-13,15,18H,3,7-10,14H2,(H,32,36)(H,28,29,30). The van der Waals surface area contributed by atoms with E-state index in [1.807, 2.05) is 18.5 Å². The van der Waals surface area contributed by atoms with Gasteiger partial charge in [0.1, 0.15) is 23.6 Å². The van der Waals surface area contributed by atoms with E-state index in [9.17, 15) is 18.8 Å². The predicted octanol–water partition coefficient (Wildman–Crippen LogP) is 3.40. The summed E-state index contributed by atoms with van der Waals surface area (Å²) < 4.78 is 28.7. The normalized spacial score (nSPS) is 15.1. The van der Waals surface area contributed by atoms with Gasteiger partial charge in [-0.3, -0.25) is 9.58 Å². The lowest BCUT2D eigenvalue weighted by molar-refractivity contribution is 0.133. The van der Waals surface area contributed by atoms with Crippen molar-refractivity contribution >= 4 is 22.8 Å². The van der Waals surface area contributed by atoms with Crippen molar-refractivity contribution < 1.29 is 13.6 Å². The van der Waals surface area contributed by atoms with Crippen LogP contribution >= 0.6 is 0 Å². The van der Waals surface area contributed by atoms with Crippen molar-refractivity contribution in [3.63, 3.8) is 0 Å². The number of benzene rings is 1. The van der Waals surface area contributed by atoms with E-state index in [4.69, 9.17) is 0 Å². The van der Waals surface area contributed by atoms with Crippen LogP contribution in [0.25, 0.3) is 22.3 Å². The molecule has 0 spiro atoms. The second kappa shape index (κ2) is 10.1. The number of nitriles is 1. The Morgan fingerprint density at radius 1 is 1.19 bits per heavy atom. The van der Waals surface area contributed by atoms with Crippen LogP contribution in [0.3, 0.4) is 0 Å². The van der Waals surface area contributed by atoms with E-state index >= 15 is 0 Å². The van der Waals surface area contributed by atoms with E-state index in [0.29, 0.717) is 32.7 Å². The second-order valence-corrected chi connectivity index (χ2v) is 8.53. The summed E-state index contributed by atoms with van der Waals surface area (Å²) in [7, 11) is 0. The smallest absolute Gasteiger partial charge is 0.322 e. The summed E-state index contributed by atoms with van der Waals surface area (Å²) in [4.78, 5) is 28.0. The van der Waals surface area contributed by atoms with Gasteiger partial charge in [-0.2, -0.15) is 10.4 Å². The summed E-state index contributed by atoms with van der Waals surface area (Å²) in [5.41, 5.74) is 2.28. The molecule has 1 aliphatic heterocycles. The zero-order valence-corrected chi connectivity index (χ0v) is 19.2. The highest BCUT2D eigenvalue weighted by atomic mass is 19.1. The number of anilines is 1. The van der Waals surface area contributed by atoms with Crippen LogP contribution in [-0.4, -0.2) is 73.3 Å². The minimum absolute atomic E-state index is 0.0620. The minimum Gasteiger partial charge on any atom is -0.346 e. The predicted molar refractivity (Wildman–Crippen MR) is 128 cm³/mol. The molecule has 4 aromatic rings. The number of H-pyrrole nitrogens is 1. The summed E-state index contributed by atoms with van der Waals surface area (Å²) in [5.74, 6) is -1.52. The molecule has 0 bridgehead atoms. The molecule has 184 valence electrons. The summed E-state index contributed by atoms with van der Waals surface area (Å²) in [6.45, 7) is 2.63. The van der Waals surface area contributed by atoms with Crippen molar-refractivity contribution in [1.82, 2.24) is 34.5 Å².